The first-order chi connectivity index (χ1) is 5.06. The lowest BCUT2D eigenvalue weighted by Crippen LogP contribution is -2.23. The molecule has 11 heavy (non-hydrogen) atoms. The fourth-order valence-electron chi connectivity index (χ4n) is 2.26. The van der Waals surface area contributed by atoms with Crippen molar-refractivity contribution < 1.29 is 8.42 Å². The van der Waals surface area contributed by atoms with Gasteiger partial charge in [-0.2, -0.15) is 0 Å². The fourth-order valence-corrected chi connectivity index (χ4v) is 4.37. The Labute approximate surface area is 71.3 Å². The molecule has 0 unspecified atom stereocenters. The summed E-state index contributed by atoms with van der Waals surface area (Å²) in [7, 11) is 2.09. The third kappa shape index (κ3) is 1.01. The van der Waals surface area contributed by atoms with Crippen molar-refractivity contribution in [1.82, 2.24) is 0 Å². The zero-order valence-corrected chi connectivity index (χ0v) is 7.79. The van der Waals surface area contributed by atoms with Crippen molar-refractivity contribution in [2.45, 2.75) is 36.9 Å². The van der Waals surface area contributed by atoms with Gasteiger partial charge in [0.2, 0.25) is 9.05 Å². The molecule has 4 heteroatoms. The lowest BCUT2D eigenvalue weighted by Gasteiger charge is -2.17. The molecule has 0 aromatic heterocycles. The Balaban J connectivity index is 2.27. The van der Waals surface area contributed by atoms with E-state index >= 15 is 0 Å². The predicted octanol–water partition coefficient (Wildman–Crippen LogP) is 1.89. The summed E-state index contributed by atoms with van der Waals surface area (Å²) in [4.78, 5) is 0. The van der Waals surface area contributed by atoms with E-state index in [-0.39, 0.29) is 0 Å². The van der Waals surface area contributed by atoms with Gasteiger partial charge in [-0.15, -0.1) is 0 Å². The second-order valence-electron chi connectivity index (χ2n) is 3.65. The van der Waals surface area contributed by atoms with Gasteiger partial charge >= 0.3 is 0 Å². The first-order valence-corrected chi connectivity index (χ1v) is 6.31. The molecule has 2 aliphatic rings. The summed E-state index contributed by atoms with van der Waals surface area (Å²) >= 11 is 0. The van der Waals surface area contributed by atoms with Gasteiger partial charge in [0, 0.05) is 10.7 Å². The van der Waals surface area contributed by atoms with Crippen molar-refractivity contribution >= 4 is 19.7 Å². The van der Waals surface area contributed by atoms with Crippen molar-refractivity contribution in [2.75, 3.05) is 0 Å². The summed E-state index contributed by atoms with van der Waals surface area (Å²) in [5, 5.41) is 0. The Morgan fingerprint density at radius 2 is 2.09 bits per heavy atom. The second-order valence-corrected chi connectivity index (χ2v) is 6.56. The van der Waals surface area contributed by atoms with Crippen LogP contribution in [-0.2, 0) is 9.05 Å². The number of rotatable bonds is 1. The van der Waals surface area contributed by atoms with E-state index in [1.165, 1.54) is 6.42 Å². The van der Waals surface area contributed by atoms with Crippen LogP contribution in [-0.4, -0.2) is 13.2 Å². The summed E-state index contributed by atoms with van der Waals surface area (Å²) in [6.45, 7) is 0. The molecule has 0 aromatic rings. The molecular weight excluding hydrogens is 184 g/mol. The monoisotopic (exact) mass is 194 g/mol. The van der Waals surface area contributed by atoms with Crippen molar-refractivity contribution in [3.05, 3.63) is 0 Å². The van der Waals surface area contributed by atoms with Crippen LogP contribution < -0.4 is 0 Å². The van der Waals surface area contributed by atoms with E-state index < -0.39 is 13.8 Å². The van der Waals surface area contributed by atoms with Crippen LogP contribution in [0.1, 0.15) is 32.1 Å². The van der Waals surface area contributed by atoms with E-state index in [0.717, 1.165) is 25.7 Å². The number of hydrogen-bond acceptors (Lipinski definition) is 2. The molecule has 0 N–H and O–H groups in total. The minimum absolute atomic E-state index is 0.388. The Morgan fingerprint density at radius 1 is 1.36 bits per heavy atom. The summed E-state index contributed by atoms with van der Waals surface area (Å²) in [5.74, 6) is 0.388. The molecule has 0 heterocycles. The first-order valence-electron chi connectivity index (χ1n) is 4.00. The second kappa shape index (κ2) is 2.13. The summed E-state index contributed by atoms with van der Waals surface area (Å²) < 4.78 is 21.8. The third-order valence-corrected chi connectivity index (χ3v) is 5.66. The summed E-state index contributed by atoms with van der Waals surface area (Å²) in [6.07, 6.45) is 4.88. The third-order valence-electron chi connectivity index (χ3n) is 3.06. The topological polar surface area (TPSA) is 34.1 Å². The zero-order valence-electron chi connectivity index (χ0n) is 6.22. The summed E-state index contributed by atoms with van der Waals surface area (Å²) in [5.41, 5.74) is 0. The molecule has 0 radical (unpaired) electrons. The van der Waals surface area contributed by atoms with Gasteiger partial charge in [0.05, 0.1) is 4.75 Å². The molecule has 2 fully saturated rings. The number of fused-ring (bicyclic) bond motifs is 1. The highest BCUT2D eigenvalue weighted by atomic mass is 35.7. The van der Waals surface area contributed by atoms with Crippen LogP contribution in [0.25, 0.3) is 0 Å². The average molecular weight is 195 g/mol. The first kappa shape index (κ1) is 7.87. The SMILES string of the molecule is O=S(=O)(Cl)[C@]12CCCC[C@H]1C2. The standard InChI is InChI=1S/C7H11ClO2S/c8-11(9,10)7-4-2-1-3-6(7)5-7/h6H,1-5H2/t6-,7-/m0/s1. The number of halogens is 1. The lowest BCUT2D eigenvalue weighted by molar-refractivity contribution is 0.480. The highest BCUT2D eigenvalue weighted by Gasteiger charge is 2.63. The maximum atomic E-state index is 11.1. The molecular formula is C7H11ClO2S. The van der Waals surface area contributed by atoms with Crippen LogP contribution in [0.3, 0.4) is 0 Å². The maximum Gasteiger partial charge on any atom is 0.238 e. The van der Waals surface area contributed by atoms with Gasteiger partial charge in [-0.05, 0) is 25.2 Å². The molecule has 0 amide bonds. The Bertz CT molecular complexity index is 272. The van der Waals surface area contributed by atoms with Gasteiger partial charge in [0.15, 0.2) is 0 Å². The van der Waals surface area contributed by atoms with Crippen LogP contribution in [0.2, 0.25) is 0 Å². The van der Waals surface area contributed by atoms with Gasteiger partial charge < -0.3 is 0 Å². The molecule has 64 valence electrons. The van der Waals surface area contributed by atoms with Crippen LogP contribution in [0.15, 0.2) is 0 Å². The molecule has 0 aliphatic heterocycles. The van der Waals surface area contributed by atoms with Gasteiger partial charge in [-0.25, -0.2) is 8.42 Å². The van der Waals surface area contributed by atoms with Gasteiger partial charge in [0.25, 0.3) is 0 Å². The van der Waals surface area contributed by atoms with E-state index in [0.29, 0.717) is 5.92 Å². The smallest absolute Gasteiger partial charge is 0.212 e. The number of hydrogen-bond donors (Lipinski definition) is 0. The Morgan fingerprint density at radius 3 is 2.55 bits per heavy atom. The molecule has 2 rings (SSSR count). The molecule has 0 bridgehead atoms. The Hall–Kier alpha value is 0.240. The van der Waals surface area contributed by atoms with Crippen LogP contribution in [0.4, 0.5) is 0 Å². The minimum Gasteiger partial charge on any atom is -0.212 e. The van der Waals surface area contributed by atoms with Crippen molar-refractivity contribution in [3.8, 4) is 0 Å². The molecule has 2 nitrogen and oxygen atoms in total. The van der Waals surface area contributed by atoms with Gasteiger partial charge in [-0.3, -0.25) is 0 Å². The molecule has 0 aromatic carbocycles. The normalized spacial score (nSPS) is 43.2. The molecule has 0 saturated heterocycles. The molecule has 0 spiro atoms. The summed E-state index contributed by atoms with van der Waals surface area (Å²) in [6, 6.07) is 0. The van der Waals surface area contributed by atoms with Gasteiger partial charge in [0.1, 0.15) is 0 Å². The van der Waals surface area contributed by atoms with E-state index in [1.807, 2.05) is 0 Å². The molecule has 2 aliphatic carbocycles. The van der Waals surface area contributed by atoms with Crippen molar-refractivity contribution in [3.63, 3.8) is 0 Å². The largest absolute Gasteiger partial charge is 0.238 e. The van der Waals surface area contributed by atoms with E-state index in [2.05, 4.69) is 0 Å². The van der Waals surface area contributed by atoms with E-state index in [9.17, 15) is 8.42 Å². The highest BCUT2D eigenvalue weighted by molar-refractivity contribution is 8.15. The van der Waals surface area contributed by atoms with E-state index in [1.54, 1.807) is 0 Å². The average Bonchev–Trinajstić information content (AvgIpc) is 2.59. The van der Waals surface area contributed by atoms with Crippen molar-refractivity contribution in [2.24, 2.45) is 5.92 Å². The predicted molar refractivity (Wildman–Crippen MR) is 44.1 cm³/mol. The Kier molecular flexibility index (Phi) is 1.53. The molecule has 2 saturated carbocycles. The minimum atomic E-state index is -3.28. The molecule has 2 atom stereocenters. The lowest BCUT2D eigenvalue weighted by atomic mass is 10.0. The van der Waals surface area contributed by atoms with Crippen LogP contribution in [0.5, 0.6) is 0 Å². The maximum absolute atomic E-state index is 11.1. The van der Waals surface area contributed by atoms with Gasteiger partial charge in [-0.1, -0.05) is 12.8 Å². The van der Waals surface area contributed by atoms with Crippen molar-refractivity contribution in [1.29, 1.82) is 0 Å². The highest BCUT2D eigenvalue weighted by Crippen LogP contribution is 2.59. The quantitative estimate of drug-likeness (QED) is 0.598. The van der Waals surface area contributed by atoms with Crippen LogP contribution >= 0.6 is 10.7 Å². The fraction of sp³-hybridized carbons (Fsp3) is 1.00. The van der Waals surface area contributed by atoms with Crippen LogP contribution in [0, 0.1) is 5.92 Å². The zero-order chi connectivity index (χ0) is 8.11. The van der Waals surface area contributed by atoms with E-state index in [4.69, 9.17) is 10.7 Å².